The van der Waals surface area contributed by atoms with Gasteiger partial charge in [-0.1, -0.05) is 30.3 Å². The van der Waals surface area contributed by atoms with Crippen molar-refractivity contribution in [1.82, 2.24) is 4.90 Å². The number of rotatable bonds is 3. The lowest BCUT2D eigenvalue weighted by molar-refractivity contribution is 0.0787. The van der Waals surface area contributed by atoms with Crippen LogP contribution in [0, 0.1) is 0 Å². The summed E-state index contributed by atoms with van der Waals surface area (Å²) in [5.41, 5.74) is 1.07. The standard InChI is InChI=1S/C13H13NO2S/c1-14(9-10-5-3-2-4-6-10)13(16)12-11(15)7-8-17-12/h2-8,15H,9H2,1H3. The zero-order valence-electron chi connectivity index (χ0n) is 9.46. The number of amides is 1. The normalized spacial score (nSPS) is 10.2. The molecular formula is C13H13NO2S. The van der Waals surface area contributed by atoms with E-state index in [4.69, 9.17) is 0 Å². The predicted molar refractivity (Wildman–Crippen MR) is 68.2 cm³/mol. The molecule has 0 saturated heterocycles. The maximum Gasteiger partial charge on any atom is 0.267 e. The van der Waals surface area contributed by atoms with Crippen LogP contribution in [0.3, 0.4) is 0 Å². The van der Waals surface area contributed by atoms with Crippen molar-refractivity contribution in [2.75, 3.05) is 7.05 Å². The van der Waals surface area contributed by atoms with Crippen molar-refractivity contribution in [2.45, 2.75) is 6.54 Å². The van der Waals surface area contributed by atoms with E-state index < -0.39 is 0 Å². The molecule has 0 aliphatic rings. The van der Waals surface area contributed by atoms with E-state index in [9.17, 15) is 9.90 Å². The van der Waals surface area contributed by atoms with Gasteiger partial charge >= 0.3 is 0 Å². The van der Waals surface area contributed by atoms with E-state index in [0.717, 1.165) is 5.56 Å². The lowest BCUT2D eigenvalue weighted by Crippen LogP contribution is -2.25. The summed E-state index contributed by atoms with van der Waals surface area (Å²) in [5.74, 6) is -0.0961. The van der Waals surface area contributed by atoms with Gasteiger partial charge in [0.05, 0.1) is 0 Å². The quantitative estimate of drug-likeness (QED) is 0.906. The second kappa shape index (κ2) is 5.01. The van der Waals surface area contributed by atoms with E-state index in [2.05, 4.69) is 0 Å². The maximum atomic E-state index is 12.0. The van der Waals surface area contributed by atoms with Crippen LogP contribution >= 0.6 is 11.3 Å². The van der Waals surface area contributed by atoms with E-state index in [1.807, 2.05) is 30.3 Å². The molecule has 2 aromatic rings. The molecule has 0 fully saturated rings. The minimum absolute atomic E-state index is 0.0555. The van der Waals surface area contributed by atoms with Gasteiger partial charge in [0.1, 0.15) is 10.6 Å². The van der Waals surface area contributed by atoms with Crippen molar-refractivity contribution < 1.29 is 9.90 Å². The molecule has 0 aliphatic heterocycles. The fourth-order valence-corrected chi connectivity index (χ4v) is 2.34. The van der Waals surface area contributed by atoms with E-state index in [1.165, 1.54) is 17.4 Å². The first-order valence-corrected chi connectivity index (χ1v) is 6.12. The molecule has 0 radical (unpaired) electrons. The first-order valence-electron chi connectivity index (χ1n) is 5.24. The number of thiophene rings is 1. The summed E-state index contributed by atoms with van der Waals surface area (Å²) in [6, 6.07) is 11.3. The molecule has 0 spiro atoms. The van der Waals surface area contributed by atoms with Crippen molar-refractivity contribution in [3.8, 4) is 5.75 Å². The lowest BCUT2D eigenvalue weighted by atomic mass is 10.2. The van der Waals surface area contributed by atoms with Gasteiger partial charge in [-0.05, 0) is 17.0 Å². The molecule has 1 N–H and O–H groups in total. The summed E-state index contributed by atoms with van der Waals surface area (Å²) in [7, 11) is 1.73. The molecule has 4 heteroatoms. The lowest BCUT2D eigenvalue weighted by Gasteiger charge is -2.16. The van der Waals surface area contributed by atoms with Crippen LogP contribution in [0.4, 0.5) is 0 Å². The Kier molecular flexibility index (Phi) is 3.44. The maximum absolute atomic E-state index is 12.0. The van der Waals surface area contributed by atoms with Crippen LogP contribution in [0.1, 0.15) is 15.2 Å². The molecular weight excluding hydrogens is 234 g/mol. The summed E-state index contributed by atoms with van der Waals surface area (Å²) in [6.07, 6.45) is 0. The van der Waals surface area contributed by atoms with Gasteiger partial charge in [0.25, 0.3) is 5.91 Å². The molecule has 0 bridgehead atoms. The van der Waals surface area contributed by atoms with Gasteiger partial charge in [-0.2, -0.15) is 0 Å². The minimum atomic E-state index is -0.152. The zero-order chi connectivity index (χ0) is 12.3. The van der Waals surface area contributed by atoms with E-state index in [0.29, 0.717) is 11.4 Å². The van der Waals surface area contributed by atoms with Gasteiger partial charge in [-0.3, -0.25) is 4.79 Å². The van der Waals surface area contributed by atoms with Crippen LogP contribution in [-0.2, 0) is 6.54 Å². The molecule has 2 rings (SSSR count). The molecule has 1 heterocycles. The number of carbonyl (C=O) groups is 1. The van der Waals surface area contributed by atoms with Gasteiger partial charge in [0, 0.05) is 13.6 Å². The molecule has 1 amide bonds. The van der Waals surface area contributed by atoms with E-state index >= 15 is 0 Å². The Morgan fingerprint density at radius 1 is 1.29 bits per heavy atom. The van der Waals surface area contributed by atoms with Crippen LogP contribution < -0.4 is 0 Å². The average molecular weight is 247 g/mol. The third kappa shape index (κ3) is 2.65. The Hall–Kier alpha value is -1.81. The van der Waals surface area contributed by atoms with Crippen molar-refractivity contribution in [3.05, 3.63) is 52.2 Å². The Balaban J connectivity index is 2.09. The molecule has 1 aromatic heterocycles. The van der Waals surface area contributed by atoms with Gasteiger partial charge in [-0.15, -0.1) is 11.3 Å². The van der Waals surface area contributed by atoms with Crippen molar-refractivity contribution in [2.24, 2.45) is 0 Å². The predicted octanol–water partition coefficient (Wildman–Crippen LogP) is 2.73. The van der Waals surface area contributed by atoms with Gasteiger partial charge in [-0.25, -0.2) is 0 Å². The monoisotopic (exact) mass is 247 g/mol. The number of aromatic hydroxyl groups is 1. The van der Waals surface area contributed by atoms with Crippen LogP contribution in [-0.4, -0.2) is 23.0 Å². The summed E-state index contributed by atoms with van der Waals surface area (Å²) >= 11 is 1.26. The number of hydrogen-bond donors (Lipinski definition) is 1. The summed E-state index contributed by atoms with van der Waals surface area (Å²) in [4.78, 5) is 14.0. The van der Waals surface area contributed by atoms with Gasteiger partial charge in [0.2, 0.25) is 0 Å². The Bertz CT molecular complexity index is 507. The van der Waals surface area contributed by atoms with E-state index in [-0.39, 0.29) is 11.7 Å². The molecule has 0 aliphatic carbocycles. The average Bonchev–Trinajstić information content (AvgIpc) is 2.76. The molecule has 0 saturated carbocycles. The smallest absolute Gasteiger partial charge is 0.267 e. The second-order valence-corrected chi connectivity index (χ2v) is 4.70. The summed E-state index contributed by atoms with van der Waals surface area (Å²) < 4.78 is 0. The number of nitrogens with zero attached hydrogens (tertiary/aromatic N) is 1. The first-order chi connectivity index (χ1) is 8.18. The first kappa shape index (κ1) is 11.7. The summed E-state index contributed by atoms with van der Waals surface area (Å²) in [5, 5.41) is 11.2. The SMILES string of the molecule is CN(Cc1ccccc1)C(=O)c1sccc1O. The molecule has 17 heavy (non-hydrogen) atoms. The third-order valence-electron chi connectivity index (χ3n) is 2.45. The molecule has 0 unspecified atom stereocenters. The largest absolute Gasteiger partial charge is 0.506 e. The van der Waals surface area contributed by atoms with E-state index in [1.54, 1.807) is 17.3 Å². The molecule has 1 aromatic carbocycles. The topological polar surface area (TPSA) is 40.5 Å². The second-order valence-electron chi connectivity index (χ2n) is 3.78. The fourth-order valence-electron chi connectivity index (χ4n) is 1.56. The highest BCUT2D eigenvalue weighted by atomic mass is 32.1. The Morgan fingerprint density at radius 2 is 2.00 bits per heavy atom. The Labute approximate surface area is 104 Å². The van der Waals surface area contributed by atoms with Crippen LogP contribution in [0.15, 0.2) is 41.8 Å². The number of hydrogen-bond acceptors (Lipinski definition) is 3. The van der Waals surface area contributed by atoms with Crippen molar-refractivity contribution >= 4 is 17.2 Å². The van der Waals surface area contributed by atoms with Gasteiger partial charge in [0.15, 0.2) is 0 Å². The van der Waals surface area contributed by atoms with Crippen LogP contribution in [0.25, 0.3) is 0 Å². The highest BCUT2D eigenvalue weighted by Gasteiger charge is 2.16. The number of benzene rings is 1. The fraction of sp³-hybridized carbons (Fsp3) is 0.154. The highest BCUT2D eigenvalue weighted by Crippen LogP contribution is 2.24. The Morgan fingerprint density at radius 3 is 2.59 bits per heavy atom. The van der Waals surface area contributed by atoms with Gasteiger partial charge < -0.3 is 10.0 Å². The zero-order valence-corrected chi connectivity index (χ0v) is 10.3. The van der Waals surface area contributed by atoms with Crippen LogP contribution in [0.2, 0.25) is 0 Å². The molecule has 3 nitrogen and oxygen atoms in total. The minimum Gasteiger partial charge on any atom is -0.506 e. The summed E-state index contributed by atoms with van der Waals surface area (Å²) in [6.45, 7) is 0.539. The van der Waals surface area contributed by atoms with Crippen molar-refractivity contribution in [3.63, 3.8) is 0 Å². The molecule has 88 valence electrons. The van der Waals surface area contributed by atoms with Crippen molar-refractivity contribution in [1.29, 1.82) is 0 Å². The number of carbonyl (C=O) groups excluding carboxylic acids is 1. The highest BCUT2D eigenvalue weighted by molar-refractivity contribution is 7.12. The third-order valence-corrected chi connectivity index (χ3v) is 3.34. The molecule has 0 atom stereocenters. The van der Waals surface area contributed by atoms with Crippen LogP contribution in [0.5, 0.6) is 5.75 Å².